The second-order valence-electron chi connectivity index (χ2n) is 5.65. The Morgan fingerprint density at radius 3 is 2.11 bits per heavy atom. The lowest BCUT2D eigenvalue weighted by molar-refractivity contribution is -0.139. The Kier molecular flexibility index (Phi) is 4.87. The molecule has 1 amide bonds. The van der Waals surface area contributed by atoms with Crippen molar-refractivity contribution in [3.63, 3.8) is 0 Å². The van der Waals surface area contributed by atoms with Crippen LogP contribution in [0.25, 0.3) is 0 Å². The fourth-order valence-corrected chi connectivity index (χ4v) is 3.30. The van der Waals surface area contributed by atoms with E-state index in [0.717, 1.165) is 45.3 Å². The molecule has 2 aliphatic heterocycles. The van der Waals surface area contributed by atoms with E-state index in [9.17, 15) is 4.79 Å². The fraction of sp³-hybridized carbons (Fsp3) is 0.923. The van der Waals surface area contributed by atoms with Gasteiger partial charge in [-0.15, -0.1) is 12.4 Å². The van der Waals surface area contributed by atoms with Crippen molar-refractivity contribution in [3.05, 3.63) is 0 Å². The Balaban J connectivity index is 0.00000120. The summed E-state index contributed by atoms with van der Waals surface area (Å²) in [7, 11) is 0. The first kappa shape index (κ1) is 14.1. The second-order valence-corrected chi connectivity index (χ2v) is 5.65. The van der Waals surface area contributed by atoms with E-state index < -0.39 is 0 Å². The molecule has 0 spiro atoms. The SMILES string of the molecule is Cl.O=C(C1CNC1)N1CCN(C2CCCC2)CC1. The molecule has 0 atom stereocenters. The first-order valence-electron chi connectivity index (χ1n) is 7.08. The third kappa shape index (κ3) is 2.81. The molecular formula is C13H24ClN3O. The number of piperazine rings is 1. The normalized spacial score (nSPS) is 26.8. The molecule has 0 aromatic rings. The zero-order valence-corrected chi connectivity index (χ0v) is 11.8. The van der Waals surface area contributed by atoms with Crippen LogP contribution in [0.3, 0.4) is 0 Å². The topological polar surface area (TPSA) is 35.6 Å². The van der Waals surface area contributed by atoms with Crippen LogP contribution in [0.4, 0.5) is 0 Å². The monoisotopic (exact) mass is 273 g/mol. The molecule has 3 aliphatic rings. The van der Waals surface area contributed by atoms with Gasteiger partial charge in [-0.05, 0) is 12.8 Å². The molecule has 3 rings (SSSR count). The highest BCUT2D eigenvalue weighted by Crippen LogP contribution is 2.24. The summed E-state index contributed by atoms with van der Waals surface area (Å²) in [4.78, 5) is 16.8. The van der Waals surface area contributed by atoms with Gasteiger partial charge in [0.2, 0.25) is 5.91 Å². The average molecular weight is 274 g/mol. The summed E-state index contributed by atoms with van der Waals surface area (Å²) >= 11 is 0. The number of nitrogens with one attached hydrogen (secondary N) is 1. The molecule has 3 fully saturated rings. The molecule has 0 aromatic heterocycles. The minimum atomic E-state index is 0. The highest BCUT2D eigenvalue weighted by molar-refractivity contribution is 5.85. The molecular weight excluding hydrogens is 250 g/mol. The van der Waals surface area contributed by atoms with Gasteiger partial charge in [-0.2, -0.15) is 0 Å². The van der Waals surface area contributed by atoms with E-state index in [0.29, 0.717) is 5.91 Å². The molecule has 0 bridgehead atoms. The van der Waals surface area contributed by atoms with Gasteiger partial charge in [0.25, 0.3) is 0 Å². The lowest BCUT2D eigenvalue weighted by Crippen LogP contribution is -2.57. The molecule has 2 heterocycles. The molecule has 1 N–H and O–H groups in total. The highest BCUT2D eigenvalue weighted by atomic mass is 35.5. The number of hydrogen-bond acceptors (Lipinski definition) is 3. The molecule has 0 radical (unpaired) electrons. The van der Waals surface area contributed by atoms with Gasteiger partial charge in [0.05, 0.1) is 5.92 Å². The van der Waals surface area contributed by atoms with Gasteiger partial charge in [-0.3, -0.25) is 9.69 Å². The van der Waals surface area contributed by atoms with E-state index in [2.05, 4.69) is 15.1 Å². The van der Waals surface area contributed by atoms with Crippen LogP contribution in [-0.4, -0.2) is 61.0 Å². The van der Waals surface area contributed by atoms with Crippen molar-refractivity contribution in [2.24, 2.45) is 5.92 Å². The lowest BCUT2D eigenvalue weighted by atomic mass is 10.0. The number of hydrogen-bond donors (Lipinski definition) is 1. The average Bonchev–Trinajstić information content (AvgIpc) is 2.80. The van der Waals surface area contributed by atoms with Crippen LogP contribution >= 0.6 is 12.4 Å². The van der Waals surface area contributed by atoms with E-state index in [1.807, 2.05) is 0 Å². The Hall–Kier alpha value is -0.320. The summed E-state index contributed by atoms with van der Waals surface area (Å²) in [5.41, 5.74) is 0. The van der Waals surface area contributed by atoms with Crippen molar-refractivity contribution in [2.45, 2.75) is 31.7 Å². The number of halogens is 1. The van der Waals surface area contributed by atoms with E-state index >= 15 is 0 Å². The third-order valence-electron chi connectivity index (χ3n) is 4.60. The van der Waals surface area contributed by atoms with Crippen LogP contribution in [0.5, 0.6) is 0 Å². The van der Waals surface area contributed by atoms with E-state index in [1.165, 1.54) is 25.7 Å². The maximum atomic E-state index is 12.1. The molecule has 4 nitrogen and oxygen atoms in total. The minimum absolute atomic E-state index is 0. The Labute approximate surface area is 115 Å². The molecule has 0 unspecified atom stereocenters. The maximum absolute atomic E-state index is 12.1. The zero-order valence-electron chi connectivity index (χ0n) is 10.9. The van der Waals surface area contributed by atoms with Crippen LogP contribution in [0.1, 0.15) is 25.7 Å². The van der Waals surface area contributed by atoms with Crippen molar-refractivity contribution < 1.29 is 4.79 Å². The molecule has 2 saturated heterocycles. The summed E-state index contributed by atoms with van der Waals surface area (Å²) in [6.45, 7) is 5.87. The van der Waals surface area contributed by atoms with Crippen LogP contribution in [0, 0.1) is 5.92 Å². The molecule has 5 heteroatoms. The molecule has 18 heavy (non-hydrogen) atoms. The summed E-state index contributed by atoms with van der Waals surface area (Å²) in [6.07, 6.45) is 5.55. The van der Waals surface area contributed by atoms with Crippen molar-refractivity contribution in [1.82, 2.24) is 15.1 Å². The quantitative estimate of drug-likeness (QED) is 0.805. The first-order valence-corrected chi connectivity index (χ1v) is 7.08. The van der Waals surface area contributed by atoms with E-state index in [-0.39, 0.29) is 18.3 Å². The lowest BCUT2D eigenvalue weighted by Gasteiger charge is -2.40. The summed E-state index contributed by atoms with van der Waals surface area (Å²) < 4.78 is 0. The molecule has 104 valence electrons. The number of rotatable bonds is 2. The van der Waals surface area contributed by atoms with E-state index in [1.54, 1.807) is 0 Å². The Morgan fingerprint density at radius 2 is 1.61 bits per heavy atom. The fourth-order valence-electron chi connectivity index (χ4n) is 3.30. The van der Waals surface area contributed by atoms with Gasteiger partial charge in [-0.1, -0.05) is 12.8 Å². The summed E-state index contributed by atoms with van der Waals surface area (Å²) in [6, 6.07) is 0.817. The van der Waals surface area contributed by atoms with Gasteiger partial charge in [0.1, 0.15) is 0 Å². The number of carbonyl (C=O) groups excluding carboxylic acids is 1. The molecule has 1 aliphatic carbocycles. The van der Waals surface area contributed by atoms with Gasteiger partial charge < -0.3 is 10.2 Å². The highest BCUT2D eigenvalue weighted by Gasteiger charge is 2.32. The maximum Gasteiger partial charge on any atom is 0.228 e. The van der Waals surface area contributed by atoms with E-state index in [4.69, 9.17) is 0 Å². The second kappa shape index (κ2) is 6.22. The van der Waals surface area contributed by atoms with Crippen molar-refractivity contribution in [2.75, 3.05) is 39.3 Å². The minimum Gasteiger partial charge on any atom is -0.340 e. The Morgan fingerprint density at radius 1 is 1.00 bits per heavy atom. The van der Waals surface area contributed by atoms with Crippen LogP contribution in [-0.2, 0) is 4.79 Å². The summed E-state index contributed by atoms with van der Waals surface area (Å²) in [5.74, 6) is 0.655. The third-order valence-corrected chi connectivity index (χ3v) is 4.60. The number of amides is 1. The molecule has 0 aromatic carbocycles. The van der Waals surface area contributed by atoms with Gasteiger partial charge in [0, 0.05) is 45.3 Å². The van der Waals surface area contributed by atoms with Gasteiger partial charge in [-0.25, -0.2) is 0 Å². The largest absolute Gasteiger partial charge is 0.340 e. The zero-order chi connectivity index (χ0) is 11.7. The van der Waals surface area contributed by atoms with Crippen molar-refractivity contribution in [1.29, 1.82) is 0 Å². The number of carbonyl (C=O) groups is 1. The van der Waals surface area contributed by atoms with Gasteiger partial charge in [0.15, 0.2) is 0 Å². The van der Waals surface area contributed by atoms with Crippen LogP contribution < -0.4 is 5.32 Å². The predicted octanol–water partition coefficient (Wildman–Crippen LogP) is 0.714. The van der Waals surface area contributed by atoms with Crippen molar-refractivity contribution in [3.8, 4) is 0 Å². The summed E-state index contributed by atoms with van der Waals surface area (Å²) in [5, 5.41) is 3.18. The van der Waals surface area contributed by atoms with Crippen LogP contribution in [0.2, 0.25) is 0 Å². The van der Waals surface area contributed by atoms with Crippen molar-refractivity contribution >= 4 is 18.3 Å². The first-order chi connectivity index (χ1) is 8.34. The predicted molar refractivity (Wildman–Crippen MR) is 74.0 cm³/mol. The smallest absolute Gasteiger partial charge is 0.228 e. The van der Waals surface area contributed by atoms with Gasteiger partial charge >= 0.3 is 0 Å². The molecule has 1 saturated carbocycles. The Bertz CT molecular complexity index is 282. The standard InChI is InChI=1S/C13H23N3O.ClH/c17-13(11-9-14-10-11)16-7-5-15(6-8-16)12-3-1-2-4-12;/h11-12,14H,1-10H2;1H. The van der Waals surface area contributed by atoms with Crippen LogP contribution in [0.15, 0.2) is 0 Å². The number of nitrogens with zero attached hydrogens (tertiary/aromatic N) is 2.